The lowest BCUT2D eigenvalue weighted by atomic mass is 10.00. The first-order valence-electron chi connectivity index (χ1n) is 10.2. The van der Waals surface area contributed by atoms with Crippen molar-refractivity contribution in [2.75, 3.05) is 31.7 Å². The Morgan fingerprint density at radius 2 is 1.94 bits per heavy atom. The van der Waals surface area contributed by atoms with Gasteiger partial charge in [-0.3, -0.25) is 14.3 Å². The Balaban J connectivity index is 1.79. The Hall–Kier alpha value is -3.09. The number of anilines is 1. The highest BCUT2D eigenvalue weighted by molar-refractivity contribution is 7.97. The van der Waals surface area contributed by atoms with E-state index in [-0.39, 0.29) is 0 Å². The second kappa shape index (κ2) is 11.9. The molecule has 0 unspecified atom stereocenters. The lowest BCUT2D eigenvalue weighted by molar-refractivity contribution is 0.702. The van der Waals surface area contributed by atoms with E-state index in [1.54, 1.807) is 24.4 Å². The number of nitrogens with one attached hydrogen (secondary N) is 1. The number of nitrogens with two attached hydrogens (primary N) is 1. The third-order valence-electron chi connectivity index (χ3n) is 4.56. The molecular weight excluding hydrogens is 402 g/mol. The van der Waals surface area contributed by atoms with Gasteiger partial charge in [0.2, 0.25) is 0 Å². The van der Waals surface area contributed by atoms with E-state index in [2.05, 4.69) is 64.0 Å². The van der Waals surface area contributed by atoms with Gasteiger partial charge in [-0.05, 0) is 55.1 Å². The smallest absolute Gasteiger partial charge is 0.0654 e. The molecule has 0 amide bonds. The van der Waals surface area contributed by atoms with Crippen LogP contribution < -0.4 is 11.1 Å². The van der Waals surface area contributed by atoms with Crippen molar-refractivity contribution < 1.29 is 0 Å². The minimum Gasteiger partial charge on any atom is -0.398 e. The lowest BCUT2D eigenvalue weighted by Gasteiger charge is -2.15. The molecule has 3 rings (SSSR count). The first-order chi connectivity index (χ1) is 15.1. The molecule has 3 N–H and O–H groups in total. The molecule has 160 valence electrons. The number of aliphatic imine (C=N–C) groups is 1. The highest BCUT2D eigenvalue weighted by atomic mass is 32.2. The van der Waals surface area contributed by atoms with Gasteiger partial charge in [-0.1, -0.05) is 54.4 Å². The number of rotatable bonds is 10. The van der Waals surface area contributed by atoms with Crippen LogP contribution in [0, 0.1) is 0 Å². The van der Waals surface area contributed by atoms with E-state index < -0.39 is 0 Å². The van der Waals surface area contributed by atoms with Crippen molar-refractivity contribution >= 4 is 29.5 Å². The number of hydrogen-bond acceptors (Lipinski definition) is 6. The molecule has 0 spiro atoms. The SMILES string of the molecule is CN(C)SCCNc1ccc(-c2ccccc2)cc1/C(N)=C/C=NCc1cccnc1. The third-order valence-corrected chi connectivity index (χ3v) is 5.46. The fourth-order valence-corrected chi connectivity index (χ4v) is 3.59. The van der Waals surface area contributed by atoms with Crippen LogP contribution in [0.5, 0.6) is 0 Å². The molecule has 5 nitrogen and oxygen atoms in total. The summed E-state index contributed by atoms with van der Waals surface area (Å²) in [4.78, 5) is 8.58. The van der Waals surface area contributed by atoms with E-state index in [9.17, 15) is 0 Å². The highest BCUT2D eigenvalue weighted by Gasteiger charge is 2.08. The van der Waals surface area contributed by atoms with Gasteiger partial charge < -0.3 is 11.1 Å². The Morgan fingerprint density at radius 1 is 1.10 bits per heavy atom. The summed E-state index contributed by atoms with van der Waals surface area (Å²) in [5.74, 6) is 0.975. The molecule has 3 aromatic rings. The van der Waals surface area contributed by atoms with Gasteiger partial charge in [0.05, 0.1) is 6.54 Å². The molecular formula is C25H29N5S. The molecule has 1 aromatic heterocycles. The van der Waals surface area contributed by atoms with Crippen molar-refractivity contribution in [1.82, 2.24) is 9.29 Å². The second-order valence-electron chi connectivity index (χ2n) is 7.17. The van der Waals surface area contributed by atoms with Crippen molar-refractivity contribution in [2.45, 2.75) is 6.54 Å². The van der Waals surface area contributed by atoms with Gasteiger partial charge in [-0.15, -0.1) is 0 Å². The third kappa shape index (κ3) is 7.27. The van der Waals surface area contributed by atoms with Crippen molar-refractivity contribution in [2.24, 2.45) is 10.7 Å². The van der Waals surface area contributed by atoms with Crippen LogP contribution in [-0.2, 0) is 6.54 Å². The van der Waals surface area contributed by atoms with Gasteiger partial charge in [0.25, 0.3) is 0 Å². The van der Waals surface area contributed by atoms with Gasteiger partial charge in [-0.25, -0.2) is 0 Å². The van der Waals surface area contributed by atoms with Gasteiger partial charge >= 0.3 is 0 Å². The summed E-state index contributed by atoms with van der Waals surface area (Å²) in [6.07, 6.45) is 7.21. The number of nitrogens with zero attached hydrogens (tertiary/aromatic N) is 3. The van der Waals surface area contributed by atoms with Crippen LogP contribution in [0.3, 0.4) is 0 Å². The predicted molar refractivity (Wildman–Crippen MR) is 135 cm³/mol. The summed E-state index contributed by atoms with van der Waals surface area (Å²) < 4.78 is 2.11. The first kappa shape index (κ1) is 22.6. The normalized spacial score (nSPS) is 11.9. The average Bonchev–Trinajstić information content (AvgIpc) is 2.80. The molecule has 0 radical (unpaired) electrons. The summed E-state index contributed by atoms with van der Waals surface area (Å²) >= 11 is 1.78. The molecule has 0 aliphatic rings. The molecule has 0 saturated heterocycles. The van der Waals surface area contributed by atoms with Gasteiger partial charge in [-0.2, -0.15) is 0 Å². The number of hydrogen-bond donors (Lipinski definition) is 2. The minimum atomic E-state index is 0.578. The van der Waals surface area contributed by atoms with Crippen LogP contribution in [0.25, 0.3) is 16.8 Å². The van der Waals surface area contributed by atoms with Crippen molar-refractivity contribution in [1.29, 1.82) is 0 Å². The molecule has 0 atom stereocenters. The minimum absolute atomic E-state index is 0.578. The predicted octanol–water partition coefficient (Wildman–Crippen LogP) is 4.94. The molecule has 1 heterocycles. The largest absolute Gasteiger partial charge is 0.398 e. The fourth-order valence-electron chi connectivity index (χ4n) is 3.03. The fraction of sp³-hybridized carbons (Fsp3) is 0.200. The van der Waals surface area contributed by atoms with Crippen LogP contribution in [0.1, 0.15) is 11.1 Å². The van der Waals surface area contributed by atoms with Crippen LogP contribution >= 0.6 is 11.9 Å². The molecule has 0 saturated carbocycles. The molecule has 2 aromatic carbocycles. The van der Waals surface area contributed by atoms with E-state index >= 15 is 0 Å². The van der Waals surface area contributed by atoms with Crippen LogP contribution in [0.2, 0.25) is 0 Å². The monoisotopic (exact) mass is 431 g/mol. The van der Waals surface area contributed by atoms with E-state index in [0.29, 0.717) is 12.2 Å². The summed E-state index contributed by atoms with van der Waals surface area (Å²) in [7, 11) is 4.10. The topological polar surface area (TPSA) is 66.5 Å². The summed E-state index contributed by atoms with van der Waals surface area (Å²) in [6.45, 7) is 1.43. The number of aromatic nitrogens is 1. The summed E-state index contributed by atoms with van der Waals surface area (Å²) in [5.41, 5.74) is 12.5. The first-order valence-corrected chi connectivity index (χ1v) is 11.2. The summed E-state index contributed by atoms with van der Waals surface area (Å²) in [5, 5.41) is 3.52. The molecule has 6 heteroatoms. The molecule has 0 bridgehead atoms. The average molecular weight is 432 g/mol. The van der Waals surface area contributed by atoms with E-state index in [4.69, 9.17) is 5.73 Å². The maximum Gasteiger partial charge on any atom is 0.0654 e. The zero-order valence-electron chi connectivity index (χ0n) is 18.0. The highest BCUT2D eigenvalue weighted by Crippen LogP contribution is 2.28. The van der Waals surface area contributed by atoms with Crippen LogP contribution in [0.15, 0.2) is 84.1 Å². The van der Waals surface area contributed by atoms with E-state index in [0.717, 1.165) is 40.2 Å². The van der Waals surface area contributed by atoms with Gasteiger partial charge in [0.15, 0.2) is 0 Å². The maximum atomic E-state index is 6.48. The number of benzene rings is 2. The summed E-state index contributed by atoms with van der Waals surface area (Å²) in [6, 6.07) is 20.6. The Kier molecular flexibility index (Phi) is 8.70. The van der Waals surface area contributed by atoms with E-state index in [1.165, 1.54) is 0 Å². The zero-order chi connectivity index (χ0) is 21.9. The van der Waals surface area contributed by atoms with Gasteiger partial charge in [0, 0.05) is 47.9 Å². The van der Waals surface area contributed by atoms with Crippen molar-refractivity contribution in [3.63, 3.8) is 0 Å². The zero-order valence-corrected chi connectivity index (χ0v) is 18.8. The Labute approximate surface area is 189 Å². The van der Waals surface area contributed by atoms with Crippen molar-refractivity contribution in [3.8, 4) is 11.1 Å². The molecule has 0 fully saturated rings. The Morgan fingerprint density at radius 3 is 2.68 bits per heavy atom. The van der Waals surface area contributed by atoms with Crippen molar-refractivity contribution in [3.05, 3.63) is 90.3 Å². The van der Waals surface area contributed by atoms with E-state index in [1.807, 2.05) is 42.6 Å². The standard InChI is InChI=1S/C25H29N5S/c1-30(2)31-16-15-29-25-11-10-22(21-8-4-3-5-9-21)17-23(25)24(26)12-14-28-19-20-7-6-13-27-18-20/h3-14,17-18,29H,15-16,19,26H2,1-2H3/b24-12-,28-14?. The quantitative estimate of drug-likeness (QED) is 0.270. The number of pyridine rings is 1. The van der Waals surface area contributed by atoms with Crippen LogP contribution in [-0.4, -0.2) is 41.9 Å². The van der Waals surface area contributed by atoms with Gasteiger partial charge in [0.1, 0.15) is 0 Å². The molecule has 31 heavy (non-hydrogen) atoms. The lowest BCUT2D eigenvalue weighted by Crippen LogP contribution is -2.11. The van der Waals surface area contributed by atoms with Crippen LogP contribution in [0.4, 0.5) is 5.69 Å². The molecule has 0 aliphatic carbocycles. The number of allylic oxidation sites excluding steroid dienone is 1. The molecule has 0 aliphatic heterocycles. The Bertz CT molecular complexity index is 1000. The maximum absolute atomic E-state index is 6.48. The second-order valence-corrected chi connectivity index (χ2v) is 8.57.